The Hall–Kier alpha value is -3.07. The third-order valence-corrected chi connectivity index (χ3v) is 8.53. The van der Waals surface area contributed by atoms with Gasteiger partial charge >= 0.3 is 0 Å². The number of halogens is 2. The first kappa shape index (κ1) is 28.5. The van der Waals surface area contributed by atoms with Gasteiger partial charge in [-0.15, -0.1) is 0 Å². The standard InChI is InChI=1S/C27H29Cl2N3O4S/c1-18-13-14-19(2)25(15-18)32(37(35,36)21-9-6-5-7-10-21)17-26(33)31(20(3)27(34)30-4)16-22-23(28)11-8-12-24(22)29/h5-15,20H,16-17H2,1-4H3,(H,30,34)/t20-/m1/s1. The van der Waals surface area contributed by atoms with Crippen LogP contribution < -0.4 is 9.62 Å². The number of amides is 2. The number of nitrogens with one attached hydrogen (secondary N) is 1. The van der Waals surface area contributed by atoms with E-state index >= 15 is 0 Å². The lowest BCUT2D eigenvalue weighted by molar-refractivity contribution is -0.139. The largest absolute Gasteiger partial charge is 0.357 e. The Morgan fingerprint density at radius 1 is 0.946 bits per heavy atom. The Balaban J connectivity index is 2.10. The lowest BCUT2D eigenvalue weighted by Gasteiger charge is -2.32. The van der Waals surface area contributed by atoms with Gasteiger partial charge in [0, 0.05) is 29.2 Å². The Morgan fingerprint density at radius 3 is 2.16 bits per heavy atom. The molecular formula is C27H29Cl2N3O4S. The molecule has 0 radical (unpaired) electrons. The van der Waals surface area contributed by atoms with E-state index in [0.717, 1.165) is 9.87 Å². The number of rotatable bonds is 9. The van der Waals surface area contributed by atoms with Crippen molar-refractivity contribution in [3.8, 4) is 0 Å². The van der Waals surface area contributed by atoms with Gasteiger partial charge in [0.1, 0.15) is 12.6 Å². The predicted octanol–water partition coefficient (Wildman–Crippen LogP) is 4.97. The maximum absolute atomic E-state index is 13.8. The van der Waals surface area contributed by atoms with Gasteiger partial charge in [0.05, 0.1) is 10.6 Å². The molecule has 3 aromatic rings. The van der Waals surface area contributed by atoms with E-state index in [4.69, 9.17) is 23.2 Å². The molecule has 196 valence electrons. The summed E-state index contributed by atoms with van der Waals surface area (Å²) >= 11 is 12.7. The Bertz CT molecular complexity index is 1380. The summed E-state index contributed by atoms with van der Waals surface area (Å²) in [7, 11) is -2.66. The van der Waals surface area contributed by atoms with Crippen LogP contribution >= 0.6 is 23.2 Å². The van der Waals surface area contributed by atoms with Gasteiger partial charge in [-0.1, -0.05) is 59.6 Å². The van der Waals surface area contributed by atoms with Gasteiger partial charge in [-0.2, -0.15) is 0 Å². The van der Waals surface area contributed by atoms with Crippen LogP contribution in [0.1, 0.15) is 23.6 Å². The number of hydrogen-bond acceptors (Lipinski definition) is 4. The van der Waals surface area contributed by atoms with E-state index in [0.29, 0.717) is 26.9 Å². The summed E-state index contributed by atoms with van der Waals surface area (Å²) in [5.41, 5.74) is 2.34. The van der Waals surface area contributed by atoms with Crippen molar-refractivity contribution >= 4 is 50.7 Å². The summed E-state index contributed by atoms with van der Waals surface area (Å²) in [6.07, 6.45) is 0. The van der Waals surface area contributed by atoms with Gasteiger partial charge < -0.3 is 10.2 Å². The highest BCUT2D eigenvalue weighted by molar-refractivity contribution is 7.92. The molecule has 10 heteroatoms. The van der Waals surface area contributed by atoms with Crippen molar-refractivity contribution < 1.29 is 18.0 Å². The zero-order valence-corrected chi connectivity index (χ0v) is 23.4. The van der Waals surface area contributed by atoms with Gasteiger partial charge in [-0.05, 0) is 62.2 Å². The smallest absolute Gasteiger partial charge is 0.264 e. The van der Waals surface area contributed by atoms with Crippen molar-refractivity contribution in [3.63, 3.8) is 0 Å². The molecule has 0 unspecified atom stereocenters. The highest BCUT2D eigenvalue weighted by Crippen LogP contribution is 2.30. The second-order valence-corrected chi connectivity index (χ2v) is 11.3. The highest BCUT2D eigenvalue weighted by atomic mass is 35.5. The molecule has 0 aliphatic rings. The fraction of sp³-hybridized carbons (Fsp3) is 0.259. The number of aryl methyl sites for hydroxylation is 2. The van der Waals surface area contributed by atoms with E-state index in [-0.39, 0.29) is 11.4 Å². The fourth-order valence-electron chi connectivity index (χ4n) is 3.87. The quantitative estimate of drug-likeness (QED) is 0.399. The van der Waals surface area contributed by atoms with Crippen LogP contribution in [0.4, 0.5) is 5.69 Å². The molecule has 0 saturated carbocycles. The number of anilines is 1. The predicted molar refractivity (Wildman–Crippen MR) is 147 cm³/mol. The molecule has 0 fully saturated rings. The van der Waals surface area contributed by atoms with Crippen molar-refractivity contribution in [3.05, 3.63) is 93.5 Å². The second kappa shape index (κ2) is 12.0. The molecule has 7 nitrogen and oxygen atoms in total. The highest BCUT2D eigenvalue weighted by Gasteiger charge is 2.33. The van der Waals surface area contributed by atoms with Crippen LogP contribution in [0.15, 0.2) is 71.6 Å². The van der Waals surface area contributed by atoms with Gasteiger partial charge in [0.25, 0.3) is 10.0 Å². The van der Waals surface area contributed by atoms with Crippen LogP contribution in [0, 0.1) is 13.8 Å². The zero-order chi connectivity index (χ0) is 27.3. The minimum Gasteiger partial charge on any atom is -0.357 e. The van der Waals surface area contributed by atoms with Crippen LogP contribution in [0.5, 0.6) is 0 Å². The number of benzene rings is 3. The minimum absolute atomic E-state index is 0.0451. The topological polar surface area (TPSA) is 86.8 Å². The molecule has 0 aliphatic heterocycles. The first-order chi connectivity index (χ1) is 17.5. The first-order valence-corrected chi connectivity index (χ1v) is 13.8. The molecule has 3 rings (SSSR count). The Labute approximate surface area is 228 Å². The first-order valence-electron chi connectivity index (χ1n) is 11.6. The van der Waals surface area contributed by atoms with Crippen molar-refractivity contribution in [2.75, 3.05) is 17.9 Å². The third-order valence-electron chi connectivity index (χ3n) is 6.05. The molecule has 0 heterocycles. The summed E-state index contributed by atoms with van der Waals surface area (Å²) in [6.45, 7) is 4.57. The van der Waals surface area contributed by atoms with E-state index < -0.39 is 34.4 Å². The third kappa shape index (κ3) is 6.44. The number of carbonyl (C=O) groups excluding carboxylic acids is 2. The van der Waals surface area contributed by atoms with Gasteiger partial charge in [0.15, 0.2) is 0 Å². The summed E-state index contributed by atoms with van der Waals surface area (Å²) in [5, 5.41) is 3.20. The molecule has 1 N–H and O–H groups in total. The van der Waals surface area contributed by atoms with Crippen LogP contribution in [0.2, 0.25) is 10.0 Å². The maximum Gasteiger partial charge on any atom is 0.264 e. The zero-order valence-electron chi connectivity index (χ0n) is 21.0. The molecule has 2 amide bonds. The van der Waals surface area contributed by atoms with E-state index in [1.165, 1.54) is 24.1 Å². The van der Waals surface area contributed by atoms with Crippen molar-refractivity contribution in [1.29, 1.82) is 0 Å². The molecule has 0 saturated heterocycles. The van der Waals surface area contributed by atoms with E-state index in [1.807, 2.05) is 13.0 Å². The summed E-state index contributed by atoms with van der Waals surface area (Å²) < 4.78 is 28.7. The van der Waals surface area contributed by atoms with Crippen LogP contribution in [-0.2, 0) is 26.2 Å². The molecule has 37 heavy (non-hydrogen) atoms. The number of hydrogen-bond donors (Lipinski definition) is 1. The molecule has 3 aromatic carbocycles. The van der Waals surface area contributed by atoms with Crippen molar-refractivity contribution in [1.82, 2.24) is 10.2 Å². The molecule has 0 spiro atoms. The summed E-state index contributed by atoms with van der Waals surface area (Å²) in [5.74, 6) is -1.01. The molecule has 0 aliphatic carbocycles. The van der Waals surface area contributed by atoms with Gasteiger partial charge in [-0.25, -0.2) is 8.42 Å². The average molecular weight is 563 g/mol. The molecule has 0 aromatic heterocycles. The number of carbonyl (C=O) groups is 2. The summed E-state index contributed by atoms with van der Waals surface area (Å²) in [6, 6.07) is 17.3. The average Bonchev–Trinajstić information content (AvgIpc) is 2.88. The number of likely N-dealkylation sites (N-methyl/N-ethyl adjacent to an activating group) is 1. The monoisotopic (exact) mass is 561 g/mol. The normalized spacial score (nSPS) is 12.1. The lowest BCUT2D eigenvalue weighted by atomic mass is 10.1. The maximum atomic E-state index is 13.8. The molecular weight excluding hydrogens is 533 g/mol. The Morgan fingerprint density at radius 2 is 1.57 bits per heavy atom. The van der Waals surface area contributed by atoms with E-state index in [1.54, 1.807) is 62.4 Å². The molecule has 1 atom stereocenters. The Kier molecular flexibility index (Phi) is 9.23. The van der Waals surface area contributed by atoms with Crippen LogP contribution in [-0.4, -0.2) is 44.8 Å². The molecule has 0 bridgehead atoms. The van der Waals surface area contributed by atoms with Crippen molar-refractivity contribution in [2.24, 2.45) is 0 Å². The number of nitrogens with zero attached hydrogens (tertiary/aromatic N) is 2. The minimum atomic E-state index is -4.13. The van der Waals surface area contributed by atoms with Gasteiger partial charge in [0.2, 0.25) is 11.8 Å². The van der Waals surface area contributed by atoms with Crippen molar-refractivity contribution in [2.45, 2.75) is 38.3 Å². The SMILES string of the molecule is CNC(=O)[C@@H](C)N(Cc1c(Cl)cccc1Cl)C(=O)CN(c1cc(C)ccc1C)S(=O)(=O)c1ccccc1. The van der Waals surface area contributed by atoms with Gasteiger partial charge in [-0.3, -0.25) is 13.9 Å². The lowest BCUT2D eigenvalue weighted by Crippen LogP contribution is -2.50. The van der Waals surface area contributed by atoms with Crippen LogP contribution in [0.25, 0.3) is 0 Å². The summed E-state index contributed by atoms with van der Waals surface area (Å²) in [4.78, 5) is 27.8. The number of sulfonamides is 1. The van der Waals surface area contributed by atoms with Crippen LogP contribution in [0.3, 0.4) is 0 Å². The van der Waals surface area contributed by atoms with E-state index in [9.17, 15) is 18.0 Å². The fourth-order valence-corrected chi connectivity index (χ4v) is 5.87. The van der Waals surface area contributed by atoms with E-state index in [2.05, 4.69) is 5.32 Å². The second-order valence-electron chi connectivity index (χ2n) is 8.63.